The van der Waals surface area contributed by atoms with E-state index in [0.717, 1.165) is 13.0 Å². The van der Waals surface area contributed by atoms with Gasteiger partial charge in [0.15, 0.2) is 0 Å². The van der Waals surface area contributed by atoms with Crippen molar-refractivity contribution >= 4 is 5.97 Å². The molecular weight excluding hydrogens is 178 g/mol. The van der Waals surface area contributed by atoms with E-state index in [9.17, 15) is 4.79 Å². The van der Waals surface area contributed by atoms with Gasteiger partial charge in [-0.15, -0.1) is 0 Å². The molecule has 0 bridgehead atoms. The van der Waals surface area contributed by atoms with Gasteiger partial charge in [-0.25, -0.2) is 0 Å². The van der Waals surface area contributed by atoms with Crippen LogP contribution in [0.25, 0.3) is 0 Å². The summed E-state index contributed by atoms with van der Waals surface area (Å²) in [6.45, 7) is 3.16. The van der Waals surface area contributed by atoms with Crippen molar-refractivity contribution in [2.24, 2.45) is 5.92 Å². The van der Waals surface area contributed by atoms with E-state index in [2.05, 4.69) is 11.8 Å². The lowest BCUT2D eigenvalue weighted by Crippen LogP contribution is -2.41. The molecule has 0 aliphatic heterocycles. The molecule has 3 nitrogen and oxygen atoms in total. The van der Waals surface area contributed by atoms with Gasteiger partial charge in [0.2, 0.25) is 0 Å². The van der Waals surface area contributed by atoms with E-state index in [-0.39, 0.29) is 12.0 Å². The van der Waals surface area contributed by atoms with Gasteiger partial charge in [-0.2, -0.15) is 0 Å². The Hall–Kier alpha value is -0.570. The Balaban J connectivity index is 2.44. The quantitative estimate of drug-likeness (QED) is 0.609. The summed E-state index contributed by atoms with van der Waals surface area (Å²) < 4.78 is 4.83. The summed E-state index contributed by atoms with van der Waals surface area (Å²) in [5.74, 6) is 0.482. The summed E-state index contributed by atoms with van der Waals surface area (Å²) >= 11 is 0. The third-order valence-electron chi connectivity index (χ3n) is 2.85. The van der Waals surface area contributed by atoms with E-state index in [0.29, 0.717) is 5.92 Å². The van der Waals surface area contributed by atoms with Crippen molar-refractivity contribution in [3.8, 4) is 0 Å². The first kappa shape index (κ1) is 11.5. The van der Waals surface area contributed by atoms with E-state index < -0.39 is 0 Å². The molecule has 0 N–H and O–H groups in total. The predicted molar refractivity (Wildman–Crippen MR) is 56.1 cm³/mol. The van der Waals surface area contributed by atoms with Gasteiger partial charge in [0, 0.05) is 0 Å². The van der Waals surface area contributed by atoms with Gasteiger partial charge in [-0.05, 0) is 38.8 Å². The molecule has 0 amide bonds. The van der Waals surface area contributed by atoms with Gasteiger partial charge < -0.3 is 4.74 Å². The van der Waals surface area contributed by atoms with E-state index in [1.807, 2.05) is 7.05 Å². The highest BCUT2D eigenvalue weighted by Gasteiger charge is 2.39. The topological polar surface area (TPSA) is 29.5 Å². The van der Waals surface area contributed by atoms with Crippen LogP contribution in [0, 0.1) is 5.92 Å². The van der Waals surface area contributed by atoms with Crippen molar-refractivity contribution in [1.82, 2.24) is 4.90 Å². The largest absolute Gasteiger partial charge is 0.468 e. The molecule has 1 saturated carbocycles. The zero-order chi connectivity index (χ0) is 10.6. The second kappa shape index (κ2) is 5.35. The molecule has 0 aromatic heterocycles. The van der Waals surface area contributed by atoms with Gasteiger partial charge >= 0.3 is 5.97 Å². The van der Waals surface area contributed by atoms with E-state index in [1.54, 1.807) is 0 Å². The molecule has 3 heteroatoms. The van der Waals surface area contributed by atoms with E-state index in [1.165, 1.54) is 26.4 Å². The Morgan fingerprint density at radius 3 is 2.64 bits per heavy atom. The standard InChI is InChI=1S/C11H21NO2/c1-4-5-8-12(2)10(9-6-7-9)11(13)14-3/h9-10H,4-8H2,1-3H3. The summed E-state index contributed by atoms with van der Waals surface area (Å²) in [4.78, 5) is 13.7. The Morgan fingerprint density at radius 1 is 1.57 bits per heavy atom. The highest BCUT2D eigenvalue weighted by molar-refractivity contribution is 5.76. The molecule has 1 unspecified atom stereocenters. The Kier molecular flexibility index (Phi) is 4.39. The van der Waals surface area contributed by atoms with E-state index >= 15 is 0 Å². The maximum absolute atomic E-state index is 11.5. The molecule has 0 spiro atoms. The van der Waals surface area contributed by atoms with Crippen molar-refractivity contribution in [3.05, 3.63) is 0 Å². The first-order valence-electron chi connectivity index (χ1n) is 5.48. The molecule has 1 aliphatic carbocycles. The van der Waals surface area contributed by atoms with Crippen LogP contribution in [0.3, 0.4) is 0 Å². The zero-order valence-corrected chi connectivity index (χ0v) is 9.45. The number of nitrogens with zero attached hydrogens (tertiary/aromatic N) is 1. The third-order valence-corrected chi connectivity index (χ3v) is 2.85. The number of carbonyl (C=O) groups is 1. The number of likely N-dealkylation sites (N-methyl/N-ethyl adjacent to an activating group) is 1. The van der Waals surface area contributed by atoms with Crippen LogP contribution < -0.4 is 0 Å². The molecule has 0 radical (unpaired) electrons. The van der Waals surface area contributed by atoms with Crippen molar-refractivity contribution in [1.29, 1.82) is 0 Å². The molecule has 0 saturated heterocycles. The number of esters is 1. The summed E-state index contributed by atoms with van der Waals surface area (Å²) in [7, 11) is 3.50. The molecule has 1 atom stereocenters. The fourth-order valence-corrected chi connectivity index (χ4v) is 1.81. The van der Waals surface area contributed by atoms with Crippen LogP contribution in [0.1, 0.15) is 32.6 Å². The van der Waals surface area contributed by atoms with Crippen LogP contribution in [-0.2, 0) is 9.53 Å². The smallest absolute Gasteiger partial charge is 0.323 e. The summed E-state index contributed by atoms with van der Waals surface area (Å²) in [5.41, 5.74) is 0. The number of hydrogen-bond donors (Lipinski definition) is 0. The molecule has 0 aromatic rings. The van der Waals surface area contributed by atoms with Crippen molar-refractivity contribution in [3.63, 3.8) is 0 Å². The van der Waals surface area contributed by atoms with Crippen LogP contribution in [0.2, 0.25) is 0 Å². The minimum atomic E-state index is -0.0638. The Labute approximate surface area is 86.4 Å². The Morgan fingerprint density at radius 2 is 2.21 bits per heavy atom. The van der Waals surface area contributed by atoms with Gasteiger partial charge in [0.1, 0.15) is 6.04 Å². The number of ether oxygens (including phenoxy) is 1. The fraction of sp³-hybridized carbons (Fsp3) is 0.909. The second-order valence-electron chi connectivity index (χ2n) is 4.14. The highest BCUT2D eigenvalue weighted by Crippen LogP contribution is 2.35. The third kappa shape index (κ3) is 2.98. The molecule has 1 fully saturated rings. The number of hydrogen-bond acceptors (Lipinski definition) is 3. The maximum atomic E-state index is 11.5. The molecule has 0 aromatic carbocycles. The van der Waals surface area contributed by atoms with Crippen molar-refractivity contribution in [2.75, 3.05) is 20.7 Å². The normalized spacial score (nSPS) is 18.3. The maximum Gasteiger partial charge on any atom is 0.323 e. The summed E-state index contributed by atoms with van der Waals surface area (Å²) in [5, 5.41) is 0. The molecule has 1 rings (SSSR count). The van der Waals surface area contributed by atoms with Crippen molar-refractivity contribution in [2.45, 2.75) is 38.6 Å². The molecule has 1 aliphatic rings. The minimum absolute atomic E-state index is 0.00606. The van der Waals surface area contributed by atoms with Gasteiger partial charge in [0.25, 0.3) is 0 Å². The first-order valence-corrected chi connectivity index (χ1v) is 5.48. The molecular formula is C11H21NO2. The number of methoxy groups -OCH3 is 1. The van der Waals surface area contributed by atoms with Gasteiger partial charge in [-0.3, -0.25) is 9.69 Å². The second-order valence-corrected chi connectivity index (χ2v) is 4.14. The minimum Gasteiger partial charge on any atom is -0.468 e. The number of carbonyl (C=O) groups excluding carboxylic acids is 1. The lowest BCUT2D eigenvalue weighted by atomic mass is 10.1. The average molecular weight is 199 g/mol. The van der Waals surface area contributed by atoms with Crippen LogP contribution >= 0.6 is 0 Å². The number of rotatable bonds is 6. The lowest BCUT2D eigenvalue weighted by molar-refractivity contribution is -0.147. The van der Waals surface area contributed by atoms with E-state index in [4.69, 9.17) is 4.74 Å². The zero-order valence-electron chi connectivity index (χ0n) is 9.45. The molecule has 0 heterocycles. The van der Waals surface area contributed by atoms with Crippen LogP contribution in [0.5, 0.6) is 0 Å². The molecule has 14 heavy (non-hydrogen) atoms. The lowest BCUT2D eigenvalue weighted by Gasteiger charge is -2.25. The molecule has 82 valence electrons. The summed E-state index contributed by atoms with van der Waals surface area (Å²) in [6.07, 6.45) is 4.67. The van der Waals surface area contributed by atoms with Crippen molar-refractivity contribution < 1.29 is 9.53 Å². The van der Waals surface area contributed by atoms with Gasteiger partial charge in [-0.1, -0.05) is 13.3 Å². The monoisotopic (exact) mass is 199 g/mol. The summed E-state index contributed by atoms with van der Waals surface area (Å²) in [6, 6.07) is 0.00606. The average Bonchev–Trinajstić information content (AvgIpc) is 2.98. The predicted octanol–water partition coefficient (Wildman–Crippen LogP) is 1.67. The first-order chi connectivity index (χ1) is 6.70. The van der Waals surface area contributed by atoms with Crippen LogP contribution in [-0.4, -0.2) is 37.6 Å². The highest BCUT2D eigenvalue weighted by atomic mass is 16.5. The fourth-order valence-electron chi connectivity index (χ4n) is 1.81. The SMILES string of the molecule is CCCCN(C)C(C(=O)OC)C1CC1. The number of unbranched alkanes of at least 4 members (excludes halogenated alkanes) is 1. The Bertz CT molecular complexity index is 190. The van der Waals surface area contributed by atoms with Gasteiger partial charge in [0.05, 0.1) is 7.11 Å². The van der Waals surface area contributed by atoms with Crippen LogP contribution in [0.15, 0.2) is 0 Å². The van der Waals surface area contributed by atoms with Crippen LogP contribution in [0.4, 0.5) is 0 Å².